The van der Waals surface area contributed by atoms with Gasteiger partial charge >= 0.3 is 0 Å². The van der Waals surface area contributed by atoms with Crippen LogP contribution < -0.4 is 5.32 Å². The number of amides is 1. The molecule has 1 aliphatic carbocycles. The molecule has 0 fully saturated rings. The van der Waals surface area contributed by atoms with Gasteiger partial charge in [-0.1, -0.05) is 11.8 Å². The Labute approximate surface area is 128 Å². The van der Waals surface area contributed by atoms with Crippen LogP contribution in [0.5, 0.6) is 0 Å². The predicted octanol–water partition coefficient (Wildman–Crippen LogP) is 1.88. The van der Waals surface area contributed by atoms with E-state index in [0.29, 0.717) is 24.5 Å². The minimum Gasteiger partial charge on any atom is -0.514 e. The van der Waals surface area contributed by atoms with Gasteiger partial charge in [-0.25, -0.2) is 0 Å². The molecule has 2 N–H and O–H groups in total. The van der Waals surface area contributed by atoms with Gasteiger partial charge in [0, 0.05) is 25.2 Å². The molecule has 116 valence electrons. The number of likely N-dealkylation sites (N-methyl/N-ethyl adjacent to an activating group) is 1. The zero-order valence-electron chi connectivity index (χ0n) is 12.6. The molecule has 1 amide bonds. The number of nitrogens with zero attached hydrogens (tertiary/aromatic N) is 1. The highest BCUT2D eigenvalue weighted by Gasteiger charge is 2.28. The molecule has 0 atom stereocenters. The quantitative estimate of drug-likeness (QED) is 0.552. The van der Waals surface area contributed by atoms with Crippen molar-refractivity contribution in [3.8, 4) is 0 Å². The van der Waals surface area contributed by atoms with Crippen LogP contribution in [0.15, 0.2) is 33.7 Å². The van der Waals surface area contributed by atoms with Crippen molar-refractivity contribution < 1.29 is 19.4 Å². The van der Waals surface area contributed by atoms with Crippen LogP contribution in [0.25, 0.3) is 0 Å². The number of hydrogen-bond donors (Lipinski definition) is 2. The second kappa shape index (κ2) is 7.78. The molecule has 0 aromatic rings. The van der Waals surface area contributed by atoms with Gasteiger partial charge in [-0.2, -0.15) is 0 Å². The first kappa shape index (κ1) is 17.2. The lowest BCUT2D eigenvalue weighted by atomic mass is 10.0. The maximum Gasteiger partial charge on any atom is 0.263 e. The summed E-state index contributed by atoms with van der Waals surface area (Å²) in [4.78, 5) is 25.5. The summed E-state index contributed by atoms with van der Waals surface area (Å²) >= 11 is 1.12. The summed E-state index contributed by atoms with van der Waals surface area (Å²) in [5.74, 6) is 0.359. The fraction of sp³-hybridized carbons (Fsp3) is 0.429. The number of nitrogens with one attached hydrogen (secondary N) is 1. The van der Waals surface area contributed by atoms with Gasteiger partial charge in [0.05, 0.1) is 19.3 Å². The van der Waals surface area contributed by atoms with Crippen molar-refractivity contribution in [3.63, 3.8) is 0 Å². The number of thioether (sulfide) groups is 1. The molecule has 6 nitrogen and oxygen atoms in total. The normalized spacial score (nSPS) is 15.7. The average Bonchev–Trinajstić information content (AvgIpc) is 2.43. The largest absolute Gasteiger partial charge is 0.514 e. The minimum atomic E-state index is -0.288. The van der Waals surface area contributed by atoms with E-state index in [1.807, 2.05) is 6.92 Å². The number of ether oxygens (including phenoxy) is 1. The van der Waals surface area contributed by atoms with E-state index in [-0.39, 0.29) is 16.6 Å². The summed E-state index contributed by atoms with van der Waals surface area (Å²) in [5.41, 5.74) is 0.449. The van der Waals surface area contributed by atoms with Crippen LogP contribution in [-0.2, 0) is 14.3 Å². The van der Waals surface area contributed by atoms with Crippen molar-refractivity contribution in [1.82, 2.24) is 10.2 Å². The molecule has 7 heteroatoms. The third-order valence-corrected chi connectivity index (χ3v) is 3.56. The molecule has 0 radical (unpaired) electrons. The number of ketones is 1. The number of allylic oxidation sites excluding steroid dienone is 3. The predicted molar refractivity (Wildman–Crippen MR) is 82.2 cm³/mol. The van der Waals surface area contributed by atoms with Gasteiger partial charge in [0.1, 0.15) is 16.4 Å². The highest BCUT2D eigenvalue weighted by atomic mass is 32.2. The Morgan fingerprint density at radius 1 is 1.52 bits per heavy atom. The first-order valence-corrected chi connectivity index (χ1v) is 7.28. The Bertz CT molecular complexity index is 521. The first-order valence-electron chi connectivity index (χ1n) is 6.47. The molecule has 0 unspecified atom stereocenters. The van der Waals surface area contributed by atoms with E-state index in [1.165, 1.54) is 4.90 Å². The highest BCUT2D eigenvalue weighted by molar-refractivity contribution is 8.07. The molecular formula is C14H20N2O4S. The molecule has 0 aliphatic heterocycles. The summed E-state index contributed by atoms with van der Waals surface area (Å²) in [7, 11) is 3.21. The summed E-state index contributed by atoms with van der Waals surface area (Å²) in [5, 5.41) is 12.0. The number of hydrogen-bond acceptors (Lipinski definition) is 6. The van der Waals surface area contributed by atoms with Gasteiger partial charge in [0.25, 0.3) is 5.91 Å². The number of aliphatic hydroxyl groups excluding tert-OH is 1. The van der Waals surface area contributed by atoms with Crippen molar-refractivity contribution >= 4 is 23.5 Å². The second-order valence-corrected chi connectivity index (χ2v) is 5.81. The Kier molecular flexibility index (Phi) is 6.36. The lowest BCUT2D eigenvalue weighted by molar-refractivity contribution is -0.124. The summed E-state index contributed by atoms with van der Waals surface area (Å²) in [6.07, 6.45) is 2.71. The number of rotatable bonds is 7. The lowest BCUT2D eigenvalue weighted by Gasteiger charge is -2.22. The molecule has 1 aliphatic rings. The first-order chi connectivity index (χ1) is 9.90. The number of carbonyl (C=O) groups is 2. The zero-order chi connectivity index (χ0) is 16.0. The molecular weight excluding hydrogens is 292 g/mol. The van der Waals surface area contributed by atoms with Gasteiger partial charge in [-0.05, 0) is 13.8 Å². The molecule has 0 saturated carbocycles. The fourth-order valence-electron chi connectivity index (χ4n) is 1.55. The van der Waals surface area contributed by atoms with Crippen molar-refractivity contribution in [1.29, 1.82) is 0 Å². The second-order valence-electron chi connectivity index (χ2n) is 4.53. The zero-order valence-corrected chi connectivity index (χ0v) is 13.4. The summed E-state index contributed by atoms with van der Waals surface area (Å²) < 4.78 is 5.31. The SMILES string of the molecule is CCOC1=C(N/C=C(\C)S/C(=C/O)C(=O)N(C)C)C(=O)C1. The van der Waals surface area contributed by atoms with E-state index in [0.717, 1.165) is 22.9 Å². The van der Waals surface area contributed by atoms with Gasteiger partial charge in [0.15, 0.2) is 5.78 Å². The van der Waals surface area contributed by atoms with E-state index < -0.39 is 0 Å². The van der Waals surface area contributed by atoms with Crippen molar-refractivity contribution in [2.24, 2.45) is 0 Å². The topological polar surface area (TPSA) is 78.9 Å². The Morgan fingerprint density at radius 3 is 2.67 bits per heavy atom. The van der Waals surface area contributed by atoms with Crippen molar-refractivity contribution in [3.05, 3.63) is 33.7 Å². The third kappa shape index (κ3) is 4.56. The van der Waals surface area contributed by atoms with Crippen LogP contribution >= 0.6 is 11.8 Å². The molecule has 0 aromatic heterocycles. The Hall–Kier alpha value is -1.89. The Morgan fingerprint density at radius 2 is 2.19 bits per heavy atom. The molecule has 0 saturated heterocycles. The Balaban J connectivity index is 2.67. The van der Waals surface area contributed by atoms with E-state index in [2.05, 4.69) is 5.32 Å². The number of carbonyl (C=O) groups excluding carboxylic acids is 2. The van der Waals surface area contributed by atoms with Crippen molar-refractivity contribution in [2.75, 3.05) is 20.7 Å². The van der Waals surface area contributed by atoms with E-state index in [4.69, 9.17) is 9.84 Å². The lowest BCUT2D eigenvalue weighted by Crippen LogP contribution is -2.28. The maximum atomic E-state index is 11.8. The molecule has 0 bridgehead atoms. The molecule has 0 spiro atoms. The van der Waals surface area contributed by atoms with Crippen LogP contribution in [0, 0.1) is 0 Å². The van der Waals surface area contributed by atoms with Gasteiger partial charge in [-0.3, -0.25) is 9.59 Å². The van der Waals surface area contributed by atoms with Crippen LogP contribution in [0.2, 0.25) is 0 Å². The third-order valence-electron chi connectivity index (χ3n) is 2.62. The molecule has 0 heterocycles. The molecule has 21 heavy (non-hydrogen) atoms. The average molecular weight is 312 g/mol. The van der Waals surface area contributed by atoms with Crippen LogP contribution in [0.1, 0.15) is 20.3 Å². The summed E-state index contributed by atoms with van der Waals surface area (Å²) in [6, 6.07) is 0. The molecule has 1 rings (SSSR count). The van der Waals surface area contributed by atoms with Crippen molar-refractivity contribution in [2.45, 2.75) is 20.3 Å². The highest BCUT2D eigenvalue weighted by Crippen LogP contribution is 2.27. The fourth-order valence-corrected chi connectivity index (χ4v) is 2.34. The summed E-state index contributed by atoms with van der Waals surface area (Å²) in [6.45, 7) is 4.14. The van der Waals surface area contributed by atoms with Gasteiger partial charge in [0.2, 0.25) is 0 Å². The van der Waals surface area contributed by atoms with E-state index in [9.17, 15) is 9.59 Å². The van der Waals surface area contributed by atoms with Gasteiger partial charge < -0.3 is 20.1 Å². The van der Waals surface area contributed by atoms with Crippen LogP contribution in [0.4, 0.5) is 0 Å². The smallest absolute Gasteiger partial charge is 0.263 e. The van der Waals surface area contributed by atoms with Crippen LogP contribution in [0.3, 0.4) is 0 Å². The minimum absolute atomic E-state index is 0.00482. The monoisotopic (exact) mass is 312 g/mol. The maximum absolute atomic E-state index is 11.8. The van der Waals surface area contributed by atoms with E-state index >= 15 is 0 Å². The van der Waals surface area contributed by atoms with E-state index in [1.54, 1.807) is 27.2 Å². The standard InChI is InChI=1S/C14H20N2O4S/c1-5-20-11-6-10(18)13(11)15-7-9(2)21-12(8-17)14(19)16(3)4/h7-8,15,17H,5-6H2,1-4H3/b9-7+,12-8+. The van der Waals surface area contributed by atoms with Gasteiger partial charge in [-0.15, -0.1) is 0 Å². The number of aliphatic hydroxyl groups is 1. The number of Topliss-reactive ketones (excluding diaryl/α,β-unsaturated/α-hetero) is 1. The van der Waals surface area contributed by atoms with Crippen LogP contribution in [-0.4, -0.2) is 42.4 Å². The molecule has 0 aromatic carbocycles.